The summed E-state index contributed by atoms with van der Waals surface area (Å²) in [6, 6.07) is 0.387. The van der Waals surface area contributed by atoms with Gasteiger partial charge in [-0.25, -0.2) is 0 Å². The number of piperazine rings is 1. The fraction of sp³-hybridized carbons (Fsp3) is 0.773. The predicted octanol–water partition coefficient (Wildman–Crippen LogP) is 0.603. The number of aliphatic imine (C=N–C) groups is 1. The van der Waals surface area contributed by atoms with Gasteiger partial charge in [0.05, 0.1) is 18.4 Å². The second kappa shape index (κ2) is 10.6. The lowest BCUT2D eigenvalue weighted by molar-refractivity contribution is -0.140. The highest BCUT2D eigenvalue weighted by Gasteiger charge is 2.58. The number of carbonyl (C=O) groups excluding carboxylic acids is 2. The topological polar surface area (TPSA) is 80.3 Å². The molecule has 8 nitrogen and oxygen atoms in total. The molecule has 2 amide bonds. The van der Waals surface area contributed by atoms with E-state index in [2.05, 4.69) is 46.6 Å². The first kappa shape index (κ1) is 24.4. The van der Waals surface area contributed by atoms with Crippen LogP contribution >= 0.6 is 24.0 Å². The van der Waals surface area contributed by atoms with Gasteiger partial charge < -0.3 is 15.5 Å². The van der Waals surface area contributed by atoms with Crippen molar-refractivity contribution in [1.29, 1.82) is 0 Å². The zero-order valence-corrected chi connectivity index (χ0v) is 21.2. The van der Waals surface area contributed by atoms with E-state index >= 15 is 0 Å². The van der Waals surface area contributed by atoms with Crippen LogP contribution in [0.3, 0.4) is 0 Å². The Morgan fingerprint density at radius 2 is 1.71 bits per heavy atom. The fourth-order valence-electron chi connectivity index (χ4n) is 5.41. The third-order valence-corrected chi connectivity index (χ3v) is 7.21. The zero-order chi connectivity index (χ0) is 21.3. The highest BCUT2D eigenvalue weighted by atomic mass is 127. The first-order valence-electron chi connectivity index (χ1n) is 11.5. The number of likely N-dealkylation sites (N-methyl/N-ethyl adjacent to an activating group) is 1. The molecule has 0 aromatic rings. The van der Waals surface area contributed by atoms with E-state index in [0.717, 1.165) is 51.6 Å². The molecule has 5 unspecified atom stereocenters. The van der Waals surface area contributed by atoms with Gasteiger partial charge >= 0.3 is 0 Å². The molecule has 0 spiro atoms. The summed E-state index contributed by atoms with van der Waals surface area (Å²) in [5.41, 5.74) is 0. The summed E-state index contributed by atoms with van der Waals surface area (Å²) >= 11 is 0. The Labute approximate surface area is 202 Å². The minimum Gasteiger partial charge on any atom is -0.357 e. The van der Waals surface area contributed by atoms with Crippen molar-refractivity contribution in [1.82, 2.24) is 25.3 Å². The van der Waals surface area contributed by atoms with Crippen molar-refractivity contribution < 1.29 is 9.59 Å². The molecule has 2 N–H and O–H groups in total. The van der Waals surface area contributed by atoms with Crippen molar-refractivity contribution in [2.75, 3.05) is 59.4 Å². The van der Waals surface area contributed by atoms with E-state index in [1.807, 2.05) is 6.92 Å². The minimum absolute atomic E-state index is 0. The third kappa shape index (κ3) is 5.08. The molecule has 2 aliphatic heterocycles. The maximum atomic E-state index is 12.8. The van der Waals surface area contributed by atoms with Crippen molar-refractivity contribution in [3.63, 3.8) is 0 Å². The molecule has 4 aliphatic rings. The van der Waals surface area contributed by atoms with Gasteiger partial charge in [-0.3, -0.25) is 24.4 Å². The Morgan fingerprint density at radius 3 is 2.29 bits per heavy atom. The van der Waals surface area contributed by atoms with Crippen molar-refractivity contribution in [3.8, 4) is 0 Å². The SMILES string of the molecule is CCNC(=NCC(C)N1CCN(C)CC1)NCCN1C(=O)C2C3C=CC(C3)C2C1=O.I. The standard InChI is InChI=1S/C22H36N6O2.HI/c1-4-23-22(25-14-15(2)27-11-9-26(3)10-12-27)24-7-8-28-20(29)18-16-5-6-17(13-16)19(18)21(28)30;/h5-6,15-19H,4,7-14H2,1-3H3,(H2,23,24,25);1H. The van der Waals surface area contributed by atoms with E-state index in [9.17, 15) is 9.59 Å². The van der Waals surface area contributed by atoms with E-state index in [1.54, 1.807) is 0 Å². The molecule has 2 aliphatic carbocycles. The van der Waals surface area contributed by atoms with Crippen LogP contribution in [0.1, 0.15) is 20.3 Å². The minimum atomic E-state index is -0.112. The van der Waals surface area contributed by atoms with E-state index in [0.29, 0.717) is 19.1 Å². The van der Waals surface area contributed by atoms with Crippen LogP contribution in [0, 0.1) is 23.7 Å². The second-order valence-corrected chi connectivity index (χ2v) is 9.16. The lowest BCUT2D eigenvalue weighted by Gasteiger charge is -2.35. The Balaban J connectivity index is 0.00000272. The zero-order valence-electron chi connectivity index (χ0n) is 18.9. The number of likely N-dealkylation sites (tertiary alicyclic amines) is 1. The summed E-state index contributed by atoms with van der Waals surface area (Å²) < 4.78 is 0. The number of halogens is 1. The highest BCUT2D eigenvalue weighted by molar-refractivity contribution is 14.0. The third-order valence-electron chi connectivity index (χ3n) is 7.21. The highest BCUT2D eigenvalue weighted by Crippen LogP contribution is 2.52. The molecule has 1 saturated carbocycles. The smallest absolute Gasteiger partial charge is 0.233 e. The molecule has 31 heavy (non-hydrogen) atoms. The maximum Gasteiger partial charge on any atom is 0.233 e. The average Bonchev–Trinajstić information content (AvgIpc) is 3.42. The predicted molar refractivity (Wildman–Crippen MR) is 132 cm³/mol. The van der Waals surface area contributed by atoms with Crippen LogP contribution in [0.25, 0.3) is 0 Å². The van der Waals surface area contributed by atoms with Crippen molar-refractivity contribution in [3.05, 3.63) is 12.2 Å². The first-order chi connectivity index (χ1) is 14.5. The average molecular weight is 544 g/mol. The van der Waals surface area contributed by atoms with E-state index in [1.165, 1.54) is 4.90 Å². The van der Waals surface area contributed by atoms with Gasteiger partial charge in [-0.15, -0.1) is 24.0 Å². The largest absolute Gasteiger partial charge is 0.357 e. The molecule has 2 heterocycles. The Hall–Kier alpha value is -1.20. The maximum absolute atomic E-state index is 12.8. The van der Waals surface area contributed by atoms with Crippen LogP contribution in [0.4, 0.5) is 0 Å². The molecule has 3 fully saturated rings. The lowest BCUT2D eigenvalue weighted by Crippen LogP contribution is -2.49. The summed E-state index contributed by atoms with van der Waals surface area (Å²) in [6.45, 7) is 11.0. The van der Waals surface area contributed by atoms with Crippen molar-refractivity contribution in [2.24, 2.45) is 28.7 Å². The molecule has 174 valence electrons. The monoisotopic (exact) mass is 544 g/mol. The molecule has 0 radical (unpaired) electrons. The first-order valence-corrected chi connectivity index (χ1v) is 11.5. The number of imide groups is 1. The van der Waals surface area contributed by atoms with Gasteiger partial charge in [0.1, 0.15) is 0 Å². The number of amides is 2. The number of nitrogens with one attached hydrogen (secondary N) is 2. The summed E-state index contributed by atoms with van der Waals surface area (Å²) in [5, 5.41) is 6.58. The van der Waals surface area contributed by atoms with Gasteiger partial charge in [0.2, 0.25) is 11.8 Å². The van der Waals surface area contributed by atoms with Gasteiger partial charge in [0.15, 0.2) is 5.96 Å². The van der Waals surface area contributed by atoms with Crippen LogP contribution < -0.4 is 10.6 Å². The van der Waals surface area contributed by atoms with Gasteiger partial charge in [-0.1, -0.05) is 12.2 Å². The number of guanidine groups is 1. The Kier molecular flexibility index (Phi) is 8.37. The molecule has 0 aromatic carbocycles. The number of hydrogen-bond acceptors (Lipinski definition) is 5. The number of nitrogens with zero attached hydrogens (tertiary/aromatic N) is 4. The fourth-order valence-corrected chi connectivity index (χ4v) is 5.41. The van der Waals surface area contributed by atoms with Gasteiger partial charge in [0, 0.05) is 51.9 Å². The molecular formula is C22H37IN6O2. The van der Waals surface area contributed by atoms with Gasteiger partial charge in [0.25, 0.3) is 0 Å². The normalized spacial score (nSPS) is 31.7. The van der Waals surface area contributed by atoms with Crippen LogP contribution in [-0.4, -0.2) is 97.9 Å². The second-order valence-electron chi connectivity index (χ2n) is 9.16. The van der Waals surface area contributed by atoms with Gasteiger partial charge in [-0.05, 0) is 39.2 Å². The number of carbonyl (C=O) groups is 2. The molecule has 9 heteroatoms. The van der Waals surface area contributed by atoms with Crippen LogP contribution in [0.2, 0.25) is 0 Å². The summed E-state index contributed by atoms with van der Waals surface area (Å²) in [5.74, 6) is 1.11. The molecular weight excluding hydrogens is 507 g/mol. The van der Waals surface area contributed by atoms with Crippen molar-refractivity contribution in [2.45, 2.75) is 26.3 Å². The summed E-state index contributed by atoms with van der Waals surface area (Å²) in [4.78, 5) is 36.6. The summed E-state index contributed by atoms with van der Waals surface area (Å²) in [6.07, 6.45) is 5.24. The number of allylic oxidation sites excluding steroid dienone is 2. The van der Waals surface area contributed by atoms with E-state index in [-0.39, 0.29) is 59.5 Å². The Bertz CT molecular complexity index is 691. The molecule has 4 rings (SSSR count). The number of rotatable bonds is 7. The summed E-state index contributed by atoms with van der Waals surface area (Å²) in [7, 11) is 2.16. The Morgan fingerprint density at radius 1 is 1.10 bits per heavy atom. The van der Waals surface area contributed by atoms with Gasteiger partial charge in [-0.2, -0.15) is 0 Å². The number of fused-ring (bicyclic) bond motifs is 5. The molecule has 2 bridgehead atoms. The molecule has 5 atom stereocenters. The van der Waals surface area contributed by atoms with E-state index < -0.39 is 0 Å². The quantitative estimate of drug-likeness (QED) is 0.161. The van der Waals surface area contributed by atoms with E-state index in [4.69, 9.17) is 4.99 Å². The lowest BCUT2D eigenvalue weighted by atomic mass is 9.85. The van der Waals surface area contributed by atoms with Crippen LogP contribution in [0.5, 0.6) is 0 Å². The molecule has 2 saturated heterocycles. The van der Waals surface area contributed by atoms with Crippen LogP contribution in [0.15, 0.2) is 17.1 Å². The van der Waals surface area contributed by atoms with Crippen LogP contribution in [-0.2, 0) is 9.59 Å². The molecule has 0 aromatic heterocycles. The number of hydrogen-bond donors (Lipinski definition) is 2. The van der Waals surface area contributed by atoms with Crippen molar-refractivity contribution >= 4 is 41.8 Å².